The molecule has 0 bridgehead atoms. The summed E-state index contributed by atoms with van der Waals surface area (Å²) in [5.41, 5.74) is 1.07. The highest BCUT2D eigenvalue weighted by molar-refractivity contribution is 6.33. The molecule has 0 saturated carbocycles. The fraction of sp³-hybridized carbons (Fsp3) is 0.400. The lowest BCUT2D eigenvalue weighted by Crippen LogP contribution is -2.16. The van der Waals surface area contributed by atoms with Crippen LogP contribution in [0.2, 0.25) is 10.0 Å². The molecule has 0 N–H and O–H groups in total. The van der Waals surface area contributed by atoms with Crippen LogP contribution in [0.25, 0.3) is 0 Å². The second kappa shape index (κ2) is 4.32. The highest BCUT2D eigenvalue weighted by Crippen LogP contribution is 2.28. The Morgan fingerprint density at radius 3 is 2.38 bits per heavy atom. The van der Waals surface area contributed by atoms with Crippen LogP contribution < -0.4 is 0 Å². The number of hydrogen-bond donors (Lipinski definition) is 0. The maximum atomic E-state index is 6.05. The Morgan fingerprint density at radius 1 is 1.23 bits per heavy atom. The van der Waals surface area contributed by atoms with E-state index >= 15 is 0 Å². The zero-order chi connectivity index (χ0) is 10.0. The molecule has 0 amide bonds. The molecule has 1 aromatic rings. The standard InChI is InChI=1S/C10H13Cl2N/c1-7(13(2)3)9-6-8(11)4-5-10(9)12/h4-7H,1-3H3/t7-/m0/s1. The van der Waals surface area contributed by atoms with Gasteiger partial charge in [0, 0.05) is 16.1 Å². The Hall–Kier alpha value is -0.240. The summed E-state index contributed by atoms with van der Waals surface area (Å²) in [6.07, 6.45) is 0. The van der Waals surface area contributed by atoms with Gasteiger partial charge in [-0.2, -0.15) is 0 Å². The molecule has 72 valence electrons. The van der Waals surface area contributed by atoms with E-state index < -0.39 is 0 Å². The maximum absolute atomic E-state index is 6.05. The molecule has 0 aliphatic carbocycles. The quantitative estimate of drug-likeness (QED) is 0.732. The van der Waals surface area contributed by atoms with Gasteiger partial charge in [0.2, 0.25) is 0 Å². The van der Waals surface area contributed by atoms with Gasteiger partial charge in [-0.15, -0.1) is 0 Å². The second-order valence-electron chi connectivity index (χ2n) is 3.31. The van der Waals surface area contributed by atoms with E-state index in [1.807, 2.05) is 26.2 Å². The lowest BCUT2D eigenvalue weighted by atomic mass is 10.1. The molecular weight excluding hydrogens is 205 g/mol. The molecule has 1 aromatic carbocycles. The zero-order valence-electron chi connectivity index (χ0n) is 8.01. The van der Waals surface area contributed by atoms with Crippen LogP contribution in [-0.2, 0) is 0 Å². The molecule has 0 aliphatic heterocycles. The van der Waals surface area contributed by atoms with E-state index in [1.165, 1.54) is 0 Å². The minimum Gasteiger partial charge on any atom is -0.303 e. The van der Waals surface area contributed by atoms with Gasteiger partial charge in [-0.05, 0) is 44.8 Å². The van der Waals surface area contributed by atoms with Crippen LogP contribution in [0, 0.1) is 0 Å². The minimum atomic E-state index is 0.284. The average molecular weight is 218 g/mol. The van der Waals surface area contributed by atoms with E-state index in [0.29, 0.717) is 0 Å². The Balaban J connectivity index is 3.05. The first kappa shape index (κ1) is 10.8. The lowest BCUT2D eigenvalue weighted by Gasteiger charge is -2.21. The highest BCUT2D eigenvalue weighted by atomic mass is 35.5. The van der Waals surface area contributed by atoms with E-state index in [9.17, 15) is 0 Å². The Labute approximate surface area is 89.3 Å². The molecule has 0 aliphatic rings. The van der Waals surface area contributed by atoms with Crippen molar-refractivity contribution in [3.8, 4) is 0 Å². The van der Waals surface area contributed by atoms with Gasteiger partial charge in [0.15, 0.2) is 0 Å². The third-order valence-corrected chi connectivity index (χ3v) is 2.76. The van der Waals surface area contributed by atoms with Crippen LogP contribution in [0.5, 0.6) is 0 Å². The van der Waals surface area contributed by atoms with E-state index in [2.05, 4.69) is 11.8 Å². The summed E-state index contributed by atoms with van der Waals surface area (Å²) in [6.45, 7) is 2.09. The topological polar surface area (TPSA) is 3.24 Å². The van der Waals surface area contributed by atoms with Gasteiger partial charge in [0.1, 0.15) is 0 Å². The van der Waals surface area contributed by atoms with Gasteiger partial charge >= 0.3 is 0 Å². The first-order chi connectivity index (χ1) is 6.02. The van der Waals surface area contributed by atoms with E-state index in [1.54, 1.807) is 6.07 Å². The molecule has 0 saturated heterocycles. The van der Waals surface area contributed by atoms with E-state index in [-0.39, 0.29) is 6.04 Å². The van der Waals surface area contributed by atoms with Crippen molar-refractivity contribution in [2.75, 3.05) is 14.1 Å². The first-order valence-electron chi connectivity index (χ1n) is 4.13. The monoisotopic (exact) mass is 217 g/mol. The summed E-state index contributed by atoms with van der Waals surface area (Å²) < 4.78 is 0. The zero-order valence-corrected chi connectivity index (χ0v) is 9.52. The molecule has 0 aromatic heterocycles. The first-order valence-corrected chi connectivity index (χ1v) is 4.89. The molecule has 0 radical (unpaired) electrons. The van der Waals surface area contributed by atoms with Crippen molar-refractivity contribution in [3.05, 3.63) is 33.8 Å². The van der Waals surface area contributed by atoms with Gasteiger partial charge in [-0.1, -0.05) is 23.2 Å². The molecule has 1 rings (SSSR count). The molecule has 13 heavy (non-hydrogen) atoms. The summed E-state index contributed by atoms with van der Waals surface area (Å²) in [7, 11) is 4.03. The summed E-state index contributed by atoms with van der Waals surface area (Å²) >= 11 is 11.9. The van der Waals surface area contributed by atoms with Gasteiger partial charge in [0.05, 0.1) is 0 Å². The minimum absolute atomic E-state index is 0.284. The number of halogens is 2. The number of rotatable bonds is 2. The summed E-state index contributed by atoms with van der Waals surface area (Å²) in [4.78, 5) is 2.09. The van der Waals surface area contributed by atoms with Gasteiger partial charge in [-0.25, -0.2) is 0 Å². The normalized spacial score (nSPS) is 13.4. The summed E-state index contributed by atoms with van der Waals surface area (Å²) in [5.74, 6) is 0. The van der Waals surface area contributed by atoms with Gasteiger partial charge in [-0.3, -0.25) is 0 Å². The predicted octanol–water partition coefficient (Wildman–Crippen LogP) is 3.62. The highest BCUT2D eigenvalue weighted by Gasteiger charge is 2.11. The maximum Gasteiger partial charge on any atom is 0.0454 e. The smallest absolute Gasteiger partial charge is 0.0454 e. The van der Waals surface area contributed by atoms with Crippen molar-refractivity contribution in [2.45, 2.75) is 13.0 Å². The van der Waals surface area contributed by atoms with Crippen LogP contribution in [0.4, 0.5) is 0 Å². The molecule has 0 heterocycles. The molecule has 3 heteroatoms. The average Bonchev–Trinajstić information content (AvgIpc) is 2.08. The van der Waals surface area contributed by atoms with Crippen LogP contribution in [0.3, 0.4) is 0 Å². The van der Waals surface area contributed by atoms with Crippen LogP contribution >= 0.6 is 23.2 Å². The van der Waals surface area contributed by atoms with Gasteiger partial charge in [0.25, 0.3) is 0 Å². The third-order valence-electron chi connectivity index (χ3n) is 2.18. The van der Waals surface area contributed by atoms with Crippen LogP contribution in [-0.4, -0.2) is 19.0 Å². The van der Waals surface area contributed by atoms with Crippen molar-refractivity contribution in [2.24, 2.45) is 0 Å². The van der Waals surface area contributed by atoms with Crippen LogP contribution in [0.1, 0.15) is 18.5 Å². The molecule has 0 unspecified atom stereocenters. The van der Waals surface area contributed by atoms with Crippen molar-refractivity contribution in [3.63, 3.8) is 0 Å². The van der Waals surface area contributed by atoms with Crippen molar-refractivity contribution >= 4 is 23.2 Å². The second-order valence-corrected chi connectivity index (χ2v) is 4.15. The van der Waals surface area contributed by atoms with Crippen molar-refractivity contribution < 1.29 is 0 Å². The number of nitrogens with zero attached hydrogens (tertiary/aromatic N) is 1. The molecule has 1 nitrogen and oxygen atoms in total. The lowest BCUT2D eigenvalue weighted by molar-refractivity contribution is 0.321. The molecule has 0 spiro atoms. The van der Waals surface area contributed by atoms with Crippen molar-refractivity contribution in [1.82, 2.24) is 4.90 Å². The molecule has 0 fully saturated rings. The molecule has 1 atom stereocenters. The largest absolute Gasteiger partial charge is 0.303 e. The Morgan fingerprint density at radius 2 is 1.85 bits per heavy atom. The Kier molecular flexibility index (Phi) is 3.60. The molecular formula is C10H13Cl2N. The summed E-state index contributed by atoms with van der Waals surface area (Å²) in [5, 5.41) is 1.50. The van der Waals surface area contributed by atoms with E-state index in [0.717, 1.165) is 15.6 Å². The SMILES string of the molecule is C[C@@H](c1cc(Cl)ccc1Cl)N(C)C. The fourth-order valence-corrected chi connectivity index (χ4v) is 1.57. The number of benzene rings is 1. The van der Waals surface area contributed by atoms with Crippen molar-refractivity contribution in [1.29, 1.82) is 0 Å². The fourth-order valence-electron chi connectivity index (χ4n) is 1.11. The van der Waals surface area contributed by atoms with E-state index in [4.69, 9.17) is 23.2 Å². The predicted molar refractivity (Wildman–Crippen MR) is 58.6 cm³/mol. The summed E-state index contributed by atoms with van der Waals surface area (Å²) in [6, 6.07) is 5.83. The Bertz CT molecular complexity index is 297. The third kappa shape index (κ3) is 2.60. The van der Waals surface area contributed by atoms with Crippen LogP contribution in [0.15, 0.2) is 18.2 Å². The number of hydrogen-bond acceptors (Lipinski definition) is 1. The van der Waals surface area contributed by atoms with Gasteiger partial charge < -0.3 is 4.90 Å².